The van der Waals surface area contributed by atoms with Gasteiger partial charge in [-0.2, -0.15) is 0 Å². The quantitative estimate of drug-likeness (QED) is 0.174. The van der Waals surface area contributed by atoms with Gasteiger partial charge < -0.3 is 9.32 Å². The Balaban J connectivity index is 1.24. The molecule has 1 aromatic heterocycles. The van der Waals surface area contributed by atoms with Gasteiger partial charge in [0.15, 0.2) is 0 Å². The van der Waals surface area contributed by atoms with E-state index in [2.05, 4.69) is 6.07 Å². The summed E-state index contributed by atoms with van der Waals surface area (Å²) in [5, 5.41) is 5.35. The number of benzene rings is 9. The van der Waals surface area contributed by atoms with Gasteiger partial charge in [0.05, 0.1) is 29.2 Å². The molecule has 0 atom stereocenters. The summed E-state index contributed by atoms with van der Waals surface area (Å²) in [6, 6.07) is 29.5. The van der Waals surface area contributed by atoms with E-state index in [0.29, 0.717) is 28.1 Å². The molecule has 1 heterocycles. The smallest absolute Gasteiger partial charge is 0.136 e. The topological polar surface area (TPSA) is 16.4 Å². The summed E-state index contributed by atoms with van der Waals surface area (Å²) >= 11 is 0. The van der Waals surface area contributed by atoms with E-state index in [0.717, 1.165) is 37.9 Å². The van der Waals surface area contributed by atoms with Gasteiger partial charge in [-0.1, -0.05) is 157 Å². The average Bonchev–Trinajstić information content (AvgIpc) is 3.69. The fourth-order valence-corrected chi connectivity index (χ4v) is 6.89. The van der Waals surface area contributed by atoms with E-state index in [1.807, 2.05) is 115 Å². The van der Waals surface area contributed by atoms with Gasteiger partial charge in [-0.3, -0.25) is 0 Å². The number of anilines is 3. The lowest BCUT2D eigenvalue weighted by molar-refractivity contribution is 0.669. The molecule has 0 saturated heterocycles. The molecule has 0 radical (unpaired) electrons. The monoisotopic (exact) mass is 676 g/mol. The van der Waals surface area contributed by atoms with E-state index in [1.165, 1.54) is 0 Å². The van der Waals surface area contributed by atoms with Gasteiger partial charge in [-0.25, -0.2) is 0 Å². The van der Waals surface area contributed by atoms with Crippen molar-refractivity contribution in [1.82, 2.24) is 0 Å². The lowest BCUT2D eigenvalue weighted by atomic mass is 9.95. The van der Waals surface area contributed by atoms with Crippen molar-refractivity contribution in [2.75, 3.05) is 4.90 Å². The fraction of sp³-hybridized carbons (Fsp3) is 0. The number of nitrogens with zero attached hydrogens (tertiary/aromatic N) is 1. The van der Waals surface area contributed by atoms with E-state index < -0.39 is 101 Å². The SMILES string of the molecule is [2H]c1c([2H])c([2H])c(-c2c([2H])c([2H])c(-c3c([2H])c([2H])c(N(c4ccccc4-c4cccc5oc6cc7ccccc7cc6c45)c4cccc5ccccc45)c([2H])c3[2H])c([2H])c2[2H])c([2H])c1[2H]. The van der Waals surface area contributed by atoms with E-state index in [1.54, 1.807) is 4.90 Å². The van der Waals surface area contributed by atoms with Crippen molar-refractivity contribution >= 4 is 60.5 Å². The molecule has 0 N–H and O–H groups in total. The van der Waals surface area contributed by atoms with Crippen LogP contribution in [0.25, 0.3) is 76.9 Å². The first kappa shape index (κ1) is 19.5. The fourth-order valence-electron chi connectivity index (χ4n) is 6.89. The molecule has 52 heavy (non-hydrogen) atoms. The molecule has 0 bridgehead atoms. The molecule has 2 heteroatoms. The van der Waals surface area contributed by atoms with E-state index in [4.69, 9.17) is 16.8 Å². The summed E-state index contributed by atoms with van der Waals surface area (Å²) in [6.07, 6.45) is 0. The Morgan fingerprint density at radius 1 is 0.404 bits per heavy atom. The zero-order chi connectivity index (χ0) is 45.7. The maximum Gasteiger partial charge on any atom is 0.136 e. The molecule has 244 valence electrons. The predicted octanol–water partition coefficient (Wildman–Crippen LogP) is 14.4. The van der Waals surface area contributed by atoms with Crippen molar-refractivity contribution in [2.45, 2.75) is 0 Å². The van der Waals surface area contributed by atoms with Crippen LogP contribution in [0.2, 0.25) is 0 Å². The van der Waals surface area contributed by atoms with Crippen LogP contribution in [0, 0.1) is 0 Å². The second-order valence-corrected chi connectivity index (χ2v) is 12.3. The van der Waals surface area contributed by atoms with Crippen LogP contribution in [-0.2, 0) is 0 Å². The van der Waals surface area contributed by atoms with Crippen molar-refractivity contribution in [3.8, 4) is 33.4 Å². The Morgan fingerprint density at radius 2 is 0.962 bits per heavy atom. The molecule has 0 spiro atoms. The van der Waals surface area contributed by atoms with Crippen LogP contribution < -0.4 is 4.90 Å². The number of hydrogen-bond donors (Lipinski definition) is 0. The van der Waals surface area contributed by atoms with Gasteiger partial charge in [0.2, 0.25) is 0 Å². The lowest BCUT2D eigenvalue weighted by Gasteiger charge is -2.29. The zero-order valence-corrected chi connectivity index (χ0v) is 27.4. The van der Waals surface area contributed by atoms with Gasteiger partial charge in [-0.15, -0.1) is 0 Å². The molecule has 2 nitrogen and oxygen atoms in total. The third-order valence-corrected chi connectivity index (χ3v) is 9.27. The van der Waals surface area contributed by atoms with E-state index in [-0.39, 0.29) is 5.69 Å². The Hall–Kier alpha value is -6.90. The highest BCUT2D eigenvalue weighted by molar-refractivity contribution is 6.17. The van der Waals surface area contributed by atoms with Gasteiger partial charge >= 0.3 is 0 Å². The molecular formula is C50H33NO. The average molecular weight is 677 g/mol. The summed E-state index contributed by atoms with van der Waals surface area (Å²) in [6.45, 7) is 0. The predicted molar refractivity (Wildman–Crippen MR) is 220 cm³/mol. The standard InChI is InChI=1S/C50H33NO/c1-2-12-34(13-3-1)35-24-26-36(27-25-35)37-28-30-41(31-29-37)51(46-22-10-17-38-14-6-7-18-42(38)46)47-21-9-8-19-43(47)44-20-11-23-48-50(44)45-32-39-15-4-5-16-40(39)33-49(45)52-48/h1-33H/i1D,2D,3D,12D,13D,24D,25D,26D,27D,28D,29D,30D,31D. The van der Waals surface area contributed by atoms with Crippen molar-refractivity contribution in [3.63, 3.8) is 0 Å². The maximum absolute atomic E-state index is 9.70. The van der Waals surface area contributed by atoms with Crippen LogP contribution in [0.3, 0.4) is 0 Å². The molecule has 9 aromatic carbocycles. The number of fused-ring (bicyclic) bond motifs is 5. The van der Waals surface area contributed by atoms with Crippen LogP contribution in [-0.4, -0.2) is 0 Å². The van der Waals surface area contributed by atoms with Gasteiger partial charge in [0.1, 0.15) is 11.2 Å². The second kappa shape index (κ2) is 12.5. The summed E-state index contributed by atoms with van der Waals surface area (Å²) in [5.74, 6) is 0. The van der Waals surface area contributed by atoms with Crippen LogP contribution in [0.1, 0.15) is 17.8 Å². The molecule has 10 aromatic rings. The zero-order valence-electron chi connectivity index (χ0n) is 40.4. The molecule has 0 saturated carbocycles. The van der Waals surface area contributed by atoms with Crippen molar-refractivity contribution < 1.29 is 22.2 Å². The maximum atomic E-state index is 9.70. The Labute approximate surface area is 320 Å². The molecular weight excluding hydrogens is 631 g/mol. The highest BCUT2D eigenvalue weighted by atomic mass is 16.3. The Morgan fingerprint density at radius 3 is 1.73 bits per heavy atom. The normalized spacial score (nSPS) is 15.0. The Bertz CT molecular complexity index is 3580. The first-order valence-corrected chi connectivity index (χ1v) is 16.7. The molecule has 0 aliphatic heterocycles. The van der Waals surface area contributed by atoms with Crippen LogP contribution in [0.15, 0.2) is 204 Å². The Kier molecular flexibility index (Phi) is 4.67. The summed E-state index contributed by atoms with van der Waals surface area (Å²) < 4.78 is 122. The molecule has 10 rings (SSSR count). The second-order valence-electron chi connectivity index (χ2n) is 12.3. The highest BCUT2D eigenvalue weighted by Gasteiger charge is 2.22. The van der Waals surface area contributed by atoms with E-state index in [9.17, 15) is 5.48 Å². The third-order valence-electron chi connectivity index (χ3n) is 9.27. The molecule has 0 amide bonds. The van der Waals surface area contributed by atoms with Gasteiger partial charge in [0.25, 0.3) is 0 Å². The molecule has 0 unspecified atom stereocenters. The third kappa shape index (κ3) is 5.12. The highest BCUT2D eigenvalue weighted by Crippen LogP contribution is 2.46. The first-order valence-electron chi connectivity index (χ1n) is 23.2. The van der Waals surface area contributed by atoms with Crippen molar-refractivity contribution in [1.29, 1.82) is 0 Å². The van der Waals surface area contributed by atoms with E-state index >= 15 is 0 Å². The molecule has 0 aliphatic carbocycles. The van der Waals surface area contributed by atoms with Gasteiger partial charge in [0, 0.05) is 27.4 Å². The number of rotatable bonds is 6. The minimum atomic E-state index is -0.777. The number of para-hydroxylation sites is 1. The largest absolute Gasteiger partial charge is 0.456 e. The lowest BCUT2D eigenvalue weighted by Crippen LogP contribution is -2.11. The van der Waals surface area contributed by atoms with Crippen molar-refractivity contribution in [3.05, 3.63) is 200 Å². The summed E-state index contributed by atoms with van der Waals surface area (Å²) in [7, 11) is 0. The minimum Gasteiger partial charge on any atom is -0.456 e. The summed E-state index contributed by atoms with van der Waals surface area (Å²) in [5.41, 5.74) is 1.58. The minimum absolute atomic E-state index is 0.145. The van der Waals surface area contributed by atoms with Crippen LogP contribution >= 0.6 is 0 Å². The number of hydrogen-bond acceptors (Lipinski definition) is 2. The van der Waals surface area contributed by atoms with Crippen molar-refractivity contribution in [2.24, 2.45) is 0 Å². The molecule has 0 aliphatic rings. The van der Waals surface area contributed by atoms with Crippen LogP contribution in [0.5, 0.6) is 0 Å². The van der Waals surface area contributed by atoms with Gasteiger partial charge in [-0.05, 0) is 86.4 Å². The molecule has 0 fully saturated rings. The summed E-state index contributed by atoms with van der Waals surface area (Å²) in [4.78, 5) is 1.69. The first-order chi connectivity index (χ1) is 31.2. The number of furan rings is 1. The van der Waals surface area contributed by atoms with Crippen LogP contribution in [0.4, 0.5) is 17.1 Å².